The van der Waals surface area contributed by atoms with Gasteiger partial charge in [-0.05, 0) is 75.5 Å². The Hall–Kier alpha value is -3.75. The molecule has 2 aliphatic carbocycles. The summed E-state index contributed by atoms with van der Waals surface area (Å²) >= 11 is 0. The van der Waals surface area contributed by atoms with Gasteiger partial charge in [-0.1, -0.05) is 19.1 Å². The number of aromatic nitrogens is 2. The number of nitrogens with zero attached hydrogens (tertiary/aromatic N) is 5. The molecule has 5 aliphatic rings. The smallest absolute Gasteiger partial charge is 0.277 e. The average molecular weight is 586 g/mol. The van der Waals surface area contributed by atoms with E-state index in [4.69, 9.17) is 15.6 Å². The summed E-state index contributed by atoms with van der Waals surface area (Å²) in [4.78, 5) is 45.7. The summed E-state index contributed by atoms with van der Waals surface area (Å²) in [7, 11) is 0. The predicted molar refractivity (Wildman–Crippen MR) is 157 cm³/mol. The Kier molecular flexibility index (Phi) is 6.82. The van der Waals surface area contributed by atoms with E-state index < -0.39 is 23.7 Å². The number of ether oxygens (including phenoxy) is 1. The van der Waals surface area contributed by atoms with Crippen LogP contribution >= 0.6 is 0 Å². The fourth-order valence-corrected chi connectivity index (χ4v) is 7.66. The Morgan fingerprint density at radius 3 is 2.65 bits per heavy atom. The Balaban J connectivity index is 1.35. The third-order valence-corrected chi connectivity index (χ3v) is 10.2. The zero-order chi connectivity index (χ0) is 30.0. The highest BCUT2D eigenvalue weighted by Crippen LogP contribution is 2.56. The predicted octanol–water partition coefficient (Wildman–Crippen LogP) is 2.87. The number of fused-ring (bicyclic) bond motifs is 2. The number of likely N-dealkylation sites (tertiary alicyclic amines) is 1. The van der Waals surface area contributed by atoms with E-state index in [1.807, 2.05) is 36.7 Å². The maximum Gasteiger partial charge on any atom is 0.277 e. The molecule has 43 heavy (non-hydrogen) atoms. The molecule has 3 N–H and O–H groups in total. The van der Waals surface area contributed by atoms with Crippen LogP contribution in [0.25, 0.3) is 0 Å². The summed E-state index contributed by atoms with van der Waals surface area (Å²) in [5.74, 6) is -0.394. The van der Waals surface area contributed by atoms with E-state index in [1.165, 1.54) is 0 Å². The minimum Gasteiger partial charge on any atom is -0.381 e. The van der Waals surface area contributed by atoms with Crippen LogP contribution in [0.2, 0.25) is 0 Å². The minimum atomic E-state index is -0.845. The topological polar surface area (TPSA) is 147 Å². The van der Waals surface area contributed by atoms with Gasteiger partial charge in [0.15, 0.2) is 5.69 Å². The van der Waals surface area contributed by atoms with Crippen molar-refractivity contribution < 1.29 is 19.1 Å². The van der Waals surface area contributed by atoms with E-state index in [2.05, 4.69) is 11.4 Å². The summed E-state index contributed by atoms with van der Waals surface area (Å²) in [6.45, 7) is 5.44. The highest BCUT2D eigenvalue weighted by Gasteiger charge is 2.66. The number of amides is 3. The molecule has 2 saturated heterocycles. The monoisotopic (exact) mass is 585 g/mol. The summed E-state index contributed by atoms with van der Waals surface area (Å²) in [6, 6.07) is 8.24. The minimum absolute atomic E-state index is 0.0421. The van der Waals surface area contributed by atoms with Crippen LogP contribution in [0, 0.1) is 23.2 Å². The molecule has 0 bridgehead atoms. The standard InChI is InChI=1S/C32H39N7O4/c1-3-18-6-5-7-20(14-18)28(40)35-26-24(19-8-9-19)25-27(31(42)38-23(17-33)15-21-16-32(21,38)34)36-39(22-10-12-43-13-11-22)29(25)37(4-2)30(26)41/h5-7,14,19,21-24,26H,3-4,8-13,15-16,34H2,1-2H3,(H,35,40). The van der Waals surface area contributed by atoms with E-state index in [9.17, 15) is 19.6 Å². The van der Waals surface area contributed by atoms with Gasteiger partial charge in [0.1, 0.15) is 17.9 Å². The Morgan fingerprint density at radius 2 is 1.98 bits per heavy atom. The number of nitrogens with one attached hydrogen (secondary N) is 1. The molecule has 0 radical (unpaired) electrons. The quantitative estimate of drug-likeness (QED) is 0.508. The van der Waals surface area contributed by atoms with Crippen molar-refractivity contribution in [2.75, 3.05) is 24.7 Å². The summed E-state index contributed by atoms with van der Waals surface area (Å²) in [6.07, 6.45) is 5.23. The Labute approximate surface area is 251 Å². The van der Waals surface area contributed by atoms with Gasteiger partial charge in [-0.3, -0.25) is 19.3 Å². The molecule has 4 heterocycles. The first kappa shape index (κ1) is 28.0. The fourth-order valence-electron chi connectivity index (χ4n) is 7.66. The molecule has 1 aromatic heterocycles. The number of piperidine rings is 1. The lowest BCUT2D eigenvalue weighted by molar-refractivity contribution is -0.121. The number of likely N-dealkylation sites (N-methyl/N-ethyl adjacent to an activating group) is 1. The van der Waals surface area contributed by atoms with Crippen molar-refractivity contribution in [3.8, 4) is 6.07 Å². The van der Waals surface area contributed by atoms with Crippen molar-refractivity contribution in [1.29, 1.82) is 5.26 Å². The van der Waals surface area contributed by atoms with E-state index in [0.29, 0.717) is 62.4 Å². The van der Waals surface area contributed by atoms with Crippen LogP contribution in [0.15, 0.2) is 24.3 Å². The Bertz CT molecular complexity index is 1520. The summed E-state index contributed by atoms with van der Waals surface area (Å²) in [5.41, 5.74) is 8.34. The number of nitriles is 1. The lowest BCUT2D eigenvalue weighted by Crippen LogP contribution is -2.56. The second kappa shape index (κ2) is 10.5. The normalized spacial score (nSPS) is 30.0. The largest absolute Gasteiger partial charge is 0.381 e. The summed E-state index contributed by atoms with van der Waals surface area (Å²) < 4.78 is 7.50. The van der Waals surface area contributed by atoms with Gasteiger partial charge in [0.2, 0.25) is 0 Å². The van der Waals surface area contributed by atoms with Crippen molar-refractivity contribution in [3.05, 3.63) is 46.6 Å². The number of benzene rings is 1. The number of aryl methyl sites for hydroxylation is 1. The molecule has 5 atom stereocenters. The van der Waals surface area contributed by atoms with E-state index in [1.54, 1.807) is 15.9 Å². The maximum absolute atomic E-state index is 14.5. The van der Waals surface area contributed by atoms with E-state index >= 15 is 0 Å². The van der Waals surface area contributed by atoms with Crippen LogP contribution in [0.3, 0.4) is 0 Å². The number of carbonyl (C=O) groups excluding carboxylic acids is 3. The lowest BCUT2D eigenvalue weighted by atomic mass is 9.82. The fraction of sp³-hybridized carbons (Fsp3) is 0.594. The van der Waals surface area contributed by atoms with Gasteiger partial charge < -0.3 is 20.7 Å². The van der Waals surface area contributed by atoms with Gasteiger partial charge in [-0.2, -0.15) is 10.4 Å². The highest BCUT2D eigenvalue weighted by molar-refractivity contribution is 6.07. The zero-order valence-corrected chi connectivity index (χ0v) is 24.8. The van der Waals surface area contributed by atoms with Crippen molar-refractivity contribution >= 4 is 23.5 Å². The molecule has 2 saturated carbocycles. The van der Waals surface area contributed by atoms with Crippen LogP contribution in [0.4, 0.5) is 5.82 Å². The first-order valence-corrected chi connectivity index (χ1v) is 15.7. The van der Waals surface area contributed by atoms with Crippen molar-refractivity contribution in [2.45, 2.75) is 88.5 Å². The van der Waals surface area contributed by atoms with Gasteiger partial charge in [0.05, 0.1) is 17.8 Å². The second-order valence-corrected chi connectivity index (χ2v) is 12.8. The van der Waals surface area contributed by atoms with E-state index in [0.717, 1.165) is 24.8 Å². The molecular formula is C32H39N7O4. The molecule has 3 aliphatic heterocycles. The van der Waals surface area contributed by atoms with Crippen molar-refractivity contribution in [2.24, 2.45) is 17.6 Å². The van der Waals surface area contributed by atoms with Crippen molar-refractivity contribution in [3.63, 3.8) is 0 Å². The van der Waals surface area contributed by atoms with Gasteiger partial charge in [0.25, 0.3) is 17.7 Å². The van der Waals surface area contributed by atoms with Crippen LogP contribution in [-0.2, 0) is 16.0 Å². The average Bonchev–Trinajstić information content (AvgIpc) is 3.92. The molecule has 0 spiro atoms. The van der Waals surface area contributed by atoms with Crippen LogP contribution in [0.1, 0.15) is 96.3 Å². The molecule has 11 nitrogen and oxygen atoms in total. The van der Waals surface area contributed by atoms with Gasteiger partial charge in [0, 0.05) is 42.7 Å². The summed E-state index contributed by atoms with van der Waals surface area (Å²) in [5, 5.41) is 18.0. The molecule has 3 amide bonds. The van der Waals surface area contributed by atoms with Crippen LogP contribution in [-0.4, -0.2) is 69.9 Å². The van der Waals surface area contributed by atoms with Gasteiger partial charge in [-0.15, -0.1) is 0 Å². The number of hydrogen-bond acceptors (Lipinski definition) is 7. The number of anilines is 1. The maximum atomic E-state index is 14.5. The number of hydrogen-bond donors (Lipinski definition) is 2. The molecule has 4 fully saturated rings. The molecule has 7 rings (SSSR count). The first-order valence-electron chi connectivity index (χ1n) is 15.7. The van der Waals surface area contributed by atoms with Crippen molar-refractivity contribution in [1.82, 2.24) is 20.0 Å². The number of rotatable bonds is 7. The molecule has 1 aromatic carbocycles. The molecule has 226 valence electrons. The van der Waals surface area contributed by atoms with Gasteiger partial charge >= 0.3 is 0 Å². The Morgan fingerprint density at radius 1 is 1.21 bits per heavy atom. The zero-order valence-electron chi connectivity index (χ0n) is 24.8. The number of nitrogens with two attached hydrogens (primary N) is 1. The number of carbonyl (C=O) groups is 3. The van der Waals surface area contributed by atoms with Gasteiger partial charge in [-0.25, -0.2) is 4.68 Å². The van der Waals surface area contributed by atoms with Crippen LogP contribution in [0.5, 0.6) is 0 Å². The first-order chi connectivity index (χ1) is 20.8. The van der Waals surface area contributed by atoms with E-state index in [-0.39, 0.29) is 41.3 Å². The molecule has 5 unspecified atom stereocenters. The lowest BCUT2D eigenvalue weighted by Gasteiger charge is -2.39. The van der Waals surface area contributed by atoms with Crippen LogP contribution < -0.4 is 16.0 Å². The second-order valence-electron chi connectivity index (χ2n) is 12.8. The molecule has 11 heteroatoms. The third-order valence-electron chi connectivity index (χ3n) is 10.2. The SMILES string of the molecule is CCc1cccc(C(=O)NC2C(=O)N(CC)c3c(c(C(=O)N4C(C#N)CC5CC54N)nn3C3CCOCC3)C2C2CC2)c1. The third kappa shape index (κ3) is 4.45. The highest BCUT2D eigenvalue weighted by atomic mass is 16.5. The molecular weight excluding hydrogens is 546 g/mol. The molecule has 2 aromatic rings.